The minimum absolute atomic E-state index is 0.0996. The molecule has 0 radical (unpaired) electrons. The van der Waals surface area contributed by atoms with E-state index in [-0.39, 0.29) is 12.1 Å². The van der Waals surface area contributed by atoms with E-state index in [2.05, 4.69) is 26.1 Å². The molecule has 0 heterocycles. The zero-order valence-corrected chi connectivity index (χ0v) is 11.8. The van der Waals surface area contributed by atoms with Crippen LogP contribution in [-0.4, -0.2) is 29.8 Å². The molecule has 1 fully saturated rings. The molecule has 17 heavy (non-hydrogen) atoms. The maximum absolute atomic E-state index is 8.99. The molecular weight excluding hydrogens is 212 g/mol. The van der Waals surface area contributed by atoms with Crippen LogP contribution in [0, 0.1) is 5.41 Å². The van der Waals surface area contributed by atoms with Crippen LogP contribution in [0.4, 0.5) is 0 Å². The van der Waals surface area contributed by atoms with Crippen LogP contribution < -0.4 is 11.1 Å². The lowest BCUT2D eigenvalue weighted by Gasteiger charge is -2.36. The molecule has 0 aromatic heterocycles. The van der Waals surface area contributed by atoms with Crippen LogP contribution >= 0.6 is 0 Å². The minimum atomic E-state index is 0.0996. The molecular formula is C14H30N2O. The van der Waals surface area contributed by atoms with Crippen LogP contribution in [0.1, 0.15) is 59.3 Å². The summed E-state index contributed by atoms with van der Waals surface area (Å²) in [5.74, 6) is 0. The fraction of sp³-hybridized carbons (Fsp3) is 1.00. The predicted octanol–water partition coefficient (Wildman–Crippen LogP) is 2.03. The van der Waals surface area contributed by atoms with Crippen LogP contribution in [0.2, 0.25) is 0 Å². The van der Waals surface area contributed by atoms with Gasteiger partial charge in [-0.05, 0) is 44.4 Å². The molecule has 102 valence electrons. The first kappa shape index (κ1) is 14.9. The first-order valence-electron chi connectivity index (χ1n) is 7.02. The maximum Gasteiger partial charge on any atom is 0.0445 e. The van der Waals surface area contributed by atoms with Crippen molar-refractivity contribution in [3.8, 4) is 0 Å². The Morgan fingerprint density at radius 2 is 1.94 bits per heavy atom. The first-order valence-corrected chi connectivity index (χ1v) is 7.02. The van der Waals surface area contributed by atoms with Crippen LogP contribution in [0.5, 0.6) is 0 Å². The predicted molar refractivity (Wildman–Crippen MR) is 73.0 cm³/mol. The van der Waals surface area contributed by atoms with E-state index in [4.69, 9.17) is 10.8 Å². The fourth-order valence-corrected chi connectivity index (χ4v) is 2.93. The Labute approximate surface area is 106 Å². The molecule has 0 spiro atoms. The van der Waals surface area contributed by atoms with Gasteiger partial charge < -0.3 is 16.2 Å². The van der Waals surface area contributed by atoms with Gasteiger partial charge in [0.15, 0.2) is 0 Å². The van der Waals surface area contributed by atoms with E-state index in [9.17, 15) is 0 Å². The first-order chi connectivity index (χ1) is 7.93. The molecule has 0 bridgehead atoms. The maximum atomic E-state index is 8.99. The molecule has 0 aromatic rings. The summed E-state index contributed by atoms with van der Waals surface area (Å²) in [6.45, 7) is 7.82. The van der Waals surface area contributed by atoms with Crippen molar-refractivity contribution < 1.29 is 5.11 Å². The topological polar surface area (TPSA) is 58.3 Å². The largest absolute Gasteiger partial charge is 0.396 e. The number of nitrogens with two attached hydrogens (primary N) is 1. The minimum Gasteiger partial charge on any atom is -0.396 e. The fourth-order valence-electron chi connectivity index (χ4n) is 2.93. The molecule has 0 saturated heterocycles. The summed E-state index contributed by atoms with van der Waals surface area (Å²) < 4.78 is 0. The van der Waals surface area contributed by atoms with Gasteiger partial charge in [-0.25, -0.2) is 0 Å². The van der Waals surface area contributed by atoms with Crippen molar-refractivity contribution >= 4 is 0 Å². The van der Waals surface area contributed by atoms with Gasteiger partial charge >= 0.3 is 0 Å². The van der Waals surface area contributed by atoms with Crippen molar-refractivity contribution in [2.45, 2.75) is 70.9 Å². The van der Waals surface area contributed by atoms with Gasteiger partial charge in [0.05, 0.1) is 0 Å². The smallest absolute Gasteiger partial charge is 0.0445 e. The van der Waals surface area contributed by atoms with Gasteiger partial charge in [0.1, 0.15) is 0 Å². The Bertz CT molecular complexity index is 230. The SMILES string of the molecule is CC(CCO)NC1(CN)CCCC(C)(C)CC1. The molecule has 0 amide bonds. The van der Waals surface area contributed by atoms with Crippen molar-refractivity contribution in [3.05, 3.63) is 0 Å². The average molecular weight is 242 g/mol. The summed E-state index contributed by atoms with van der Waals surface area (Å²) in [5.41, 5.74) is 6.57. The van der Waals surface area contributed by atoms with Gasteiger partial charge in [0.2, 0.25) is 0 Å². The molecule has 2 atom stereocenters. The van der Waals surface area contributed by atoms with E-state index in [0.717, 1.165) is 12.8 Å². The lowest BCUT2D eigenvalue weighted by atomic mass is 9.83. The van der Waals surface area contributed by atoms with Gasteiger partial charge in [0, 0.05) is 24.7 Å². The Kier molecular flexibility index (Phi) is 5.42. The number of aliphatic hydroxyl groups excluding tert-OH is 1. The summed E-state index contributed by atoms with van der Waals surface area (Å²) >= 11 is 0. The van der Waals surface area contributed by atoms with Crippen LogP contribution in [0.25, 0.3) is 0 Å². The van der Waals surface area contributed by atoms with Gasteiger partial charge in [-0.2, -0.15) is 0 Å². The highest BCUT2D eigenvalue weighted by molar-refractivity contribution is 4.95. The van der Waals surface area contributed by atoms with Crippen molar-refractivity contribution in [1.29, 1.82) is 0 Å². The van der Waals surface area contributed by atoms with Crippen molar-refractivity contribution in [1.82, 2.24) is 5.32 Å². The average Bonchev–Trinajstić information content (AvgIpc) is 2.39. The normalized spacial score (nSPS) is 30.9. The van der Waals surface area contributed by atoms with Crippen molar-refractivity contribution in [3.63, 3.8) is 0 Å². The van der Waals surface area contributed by atoms with Gasteiger partial charge in [-0.15, -0.1) is 0 Å². The molecule has 0 aromatic carbocycles. The summed E-state index contributed by atoms with van der Waals surface area (Å²) in [5, 5.41) is 12.7. The van der Waals surface area contributed by atoms with Crippen LogP contribution in [0.15, 0.2) is 0 Å². The zero-order chi connectivity index (χ0) is 12.9. The molecule has 4 N–H and O–H groups in total. The summed E-state index contributed by atoms with van der Waals surface area (Å²) in [6.07, 6.45) is 6.93. The third kappa shape index (κ3) is 4.57. The Hall–Kier alpha value is -0.120. The summed E-state index contributed by atoms with van der Waals surface area (Å²) in [4.78, 5) is 0. The Balaban J connectivity index is 2.61. The standard InChI is InChI=1S/C14H30N2O/c1-12(5-10-17)16-14(11-15)7-4-6-13(2,3)8-9-14/h12,16-17H,4-11,15H2,1-3H3. The zero-order valence-electron chi connectivity index (χ0n) is 11.8. The number of hydrogen-bond donors (Lipinski definition) is 3. The number of rotatable bonds is 5. The lowest BCUT2D eigenvalue weighted by molar-refractivity contribution is 0.216. The Morgan fingerprint density at radius 3 is 2.53 bits per heavy atom. The third-order valence-corrected chi connectivity index (χ3v) is 4.29. The van der Waals surface area contributed by atoms with Gasteiger partial charge in [0.25, 0.3) is 0 Å². The molecule has 0 aliphatic heterocycles. The van der Waals surface area contributed by atoms with E-state index >= 15 is 0 Å². The van der Waals surface area contributed by atoms with E-state index in [1.165, 1.54) is 25.7 Å². The highest BCUT2D eigenvalue weighted by atomic mass is 16.3. The third-order valence-electron chi connectivity index (χ3n) is 4.29. The molecule has 1 aliphatic carbocycles. The molecule has 2 unspecified atom stereocenters. The number of hydrogen-bond acceptors (Lipinski definition) is 3. The Morgan fingerprint density at radius 1 is 1.24 bits per heavy atom. The van der Waals surface area contributed by atoms with E-state index < -0.39 is 0 Å². The van der Waals surface area contributed by atoms with Crippen molar-refractivity contribution in [2.24, 2.45) is 11.1 Å². The van der Waals surface area contributed by atoms with E-state index in [0.29, 0.717) is 18.0 Å². The second kappa shape index (κ2) is 6.17. The monoisotopic (exact) mass is 242 g/mol. The molecule has 3 heteroatoms. The quantitative estimate of drug-likeness (QED) is 0.647. The molecule has 1 saturated carbocycles. The molecule has 3 nitrogen and oxygen atoms in total. The van der Waals surface area contributed by atoms with Gasteiger partial charge in [-0.3, -0.25) is 0 Å². The second-order valence-corrected chi connectivity index (χ2v) is 6.56. The van der Waals surface area contributed by atoms with Gasteiger partial charge in [-0.1, -0.05) is 20.3 Å². The number of aliphatic hydroxyl groups is 1. The lowest BCUT2D eigenvalue weighted by Crippen LogP contribution is -2.54. The van der Waals surface area contributed by atoms with E-state index in [1.54, 1.807) is 0 Å². The number of nitrogens with one attached hydrogen (secondary N) is 1. The summed E-state index contributed by atoms with van der Waals surface area (Å²) in [6, 6.07) is 0.352. The summed E-state index contributed by atoms with van der Waals surface area (Å²) in [7, 11) is 0. The second-order valence-electron chi connectivity index (χ2n) is 6.56. The molecule has 1 aliphatic rings. The highest BCUT2D eigenvalue weighted by Gasteiger charge is 2.35. The van der Waals surface area contributed by atoms with Crippen molar-refractivity contribution in [2.75, 3.05) is 13.2 Å². The highest BCUT2D eigenvalue weighted by Crippen LogP contribution is 2.37. The molecule has 1 rings (SSSR count). The van der Waals surface area contributed by atoms with E-state index in [1.807, 2.05) is 0 Å². The van der Waals surface area contributed by atoms with Crippen LogP contribution in [-0.2, 0) is 0 Å². The van der Waals surface area contributed by atoms with Crippen LogP contribution in [0.3, 0.4) is 0 Å².